The van der Waals surface area contributed by atoms with E-state index in [9.17, 15) is 18.0 Å². The number of piperidine rings is 1. The summed E-state index contributed by atoms with van der Waals surface area (Å²) < 4.78 is 38.2. The fourth-order valence-electron chi connectivity index (χ4n) is 2.68. The lowest BCUT2D eigenvalue weighted by Crippen LogP contribution is -2.47. The Morgan fingerprint density at radius 1 is 1.19 bits per heavy atom. The highest BCUT2D eigenvalue weighted by molar-refractivity contribution is 6.15. The molecule has 1 spiro atoms. The molecule has 2 N–H and O–H groups in total. The first-order valence-corrected chi connectivity index (χ1v) is 6.70. The van der Waals surface area contributed by atoms with Crippen molar-refractivity contribution in [1.82, 2.24) is 10.6 Å². The summed E-state index contributed by atoms with van der Waals surface area (Å²) in [5, 5.41) is 5.77. The third-order valence-corrected chi connectivity index (χ3v) is 3.87. The number of rotatable bonds is 1. The zero-order valence-electron chi connectivity index (χ0n) is 11.1. The van der Waals surface area contributed by atoms with E-state index >= 15 is 0 Å². The van der Waals surface area contributed by atoms with Gasteiger partial charge in [-0.25, -0.2) is 0 Å². The van der Waals surface area contributed by atoms with Crippen LogP contribution in [0.4, 0.5) is 13.2 Å². The van der Waals surface area contributed by atoms with Crippen LogP contribution in [0.15, 0.2) is 29.3 Å². The molecule has 0 aromatic heterocycles. The largest absolute Gasteiger partial charge is 0.416 e. The number of amides is 1. The Balaban J connectivity index is 1.94. The number of nitrogens with one attached hydrogen (secondary N) is 2. The van der Waals surface area contributed by atoms with Gasteiger partial charge < -0.3 is 10.6 Å². The maximum atomic E-state index is 12.7. The highest BCUT2D eigenvalue weighted by Crippen LogP contribution is 2.31. The molecule has 0 bridgehead atoms. The molecule has 1 aromatic rings. The Hall–Kier alpha value is -1.89. The first-order valence-electron chi connectivity index (χ1n) is 6.70. The molecule has 0 aliphatic carbocycles. The summed E-state index contributed by atoms with van der Waals surface area (Å²) in [6.07, 6.45) is -3.30. The topological polar surface area (TPSA) is 53.5 Å². The fourth-order valence-corrected chi connectivity index (χ4v) is 2.68. The lowest BCUT2D eigenvalue weighted by Gasteiger charge is -2.28. The molecule has 1 saturated heterocycles. The van der Waals surface area contributed by atoms with Crippen LogP contribution in [0.2, 0.25) is 0 Å². The third kappa shape index (κ3) is 2.53. The Bertz CT molecular complexity index is 604. The van der Waals surface area contributed by atoms with Crippen LogP contribution in [-0.2, 0) is 11.0 Å². The third-order valence-electron chi connectivity index (χ3n) is 3.87. The Kier molecular flexibility index (Phi) is 3.24. The summed E-state index contributed by atoms with van der Waals surface area (Å²) in [4.78, 5) is 16.5. The van der Waals surface area contributed by atoms with Crippen LogP contribution in [0.5, 0.6) is 0 Å². The number of hydrogen-bond acceptors (Lipinski definition) is 3. The molecule has 1 aromatic carbocycles. The van der Waals surface area contributed by atoms with Crippen LogP contribution in [0.3, 0.4) is 0 Å². The van der Waals surface area contributed by atoms with E-state index in [1.807, 2.05) is 0 Å². The lowest BCUT2D eigenvalue weighted by atomic mass is 9.89. The maximum absolute atomic E-state index is 12.7. The van der Waals surface area contributed by atoms with Gasteiger partial charge in [-0.05, 0) is 38.1 Å². The van der Waals surface area contributed by atoms with E-state index in [2.05, 4.69) is 15.6 Å². The van der Waals surface area contributed by atoms with Gasteiger partial charge in [-0.1, -0.05) is 12.1 Å². The minimum Gasteiger partial charge on any atom is -0.317 e. The van der Waals surface area contributed by atoms with Gasteiger partial charge in [0.2, 0.25) is 0 Å². The van der Waals surface area contributed by atoms with Gasteiger partial charge in [0.05, 0.1) is 5.56 Å². The first kappa shape index (κ1) is 14.1. The smallest absolute Gasteiger partial charge is 0.317 e. The van der Waals surface area contributed by atoms with Gasteiger partial charge in [-0.2, -0.15) is 13.2 Å². The van der Waals surface area contributed by atoms with Crippen molar-refractivity contribution in [2.75, 3.05) is 13.1 Å². The summed E-state index contributed by atoms with van der Waals surface area (Å²) >= 11 is 0. The minimum absolute atomic E-state index is 0.226. The molecule has 0 unspecified atom stereocenters. The molecule has 0 saturated carbocycles. The van der Waals surface area contributed by atoms with Gasteiger partial charge in [0.1, 0.15) is 11.4 Å². The Morgan fingerprint density at radius 3 is 2.57 bits per heavy atom. The van der Waals surface area contributed by atoms with Crippen LogP contribution in [-0.4, -0.2) is 30.4 Å². The molecule has 1 fully saturated rings. The molecule has 2 aliphatic rings. The molecule has 112 valence electrons. The summed E-state index contributed by atoms with van der Waals surface area (Å²) in [6, 6.07) is 4.86. The zero-order valence-corrected chi connectivity index (χ0v) is 11.1. The van der Waals surface area contributed by atoms with Crippen molar-refractivity contribution in [3.63, 3.8) is 0 Å². The molecule has 21 heavy (non-hydrogen) atoms. The summed E-state index contributed by atoms with van der Waals surface area (Å²) in [5.41, 5.74) is -1.29. The number of carbonyl (C=O) groups excluding carboxylic acids is 1. The van der Waals surface area contributed by atoms with E-state index < -0.39 is 17.3 Å². The highest BCUT2D eigenvalue weighted by Gasteiger charge is 2.44. The van der Waals surface area contributed by atoms with Crippen molar-refractivity contribution in [2.24, 2.45) is 4.99 Å². The van der Waals surface area contributed by atoms with Crippen molar-refractivity contribution in [1.29, 1.82) is 0 Å². The van der Waals surface area contributed by atoms with Crippen molar-refractivity contribution in [3.05, 3.63) is 35.4 Å². The molecule has 0 radical (unpaired) electrons. The molecular formula is C14H14F3N3O. The SMILES string of the molecule is O=C1NC(c2cccc(C(F)(F)F)c2)=NC12CCNCC2. The number of benzene rings is 1. The number of aliphatic imine (C=N–C) groups is 1. The Labute approximate surface area is 119 Å². The number of alkyl halides is 3. The molecular weight excluding hydrogens is 283 g/mol. The molecule has 7 heteroatoms. The number of nitrogens with zero attached hydrogens (tertiary/aromatic N) is 1. The van der Waals surface area contributed by atoms with Crippen LogP contribution in [0, 0.1) is 0 Å². The second-order valence-electron chi connectivity index (χ2n) is 5.27. The average Bonchev–Trinajstić information content (AvgIpc) is 2.76. The average molecular weight is 297 g/mol. The summed E-state index contributed by atoms with van der Waals surface area (Å²) in [5.74, 6) is 0.00408. The standard InChI is InChI=1S/C14H14F3N3O/c15-14(16,17)10-3-1-2-9(8-10)11-19-12(21)13(20-11)4-6-18-7-5-13/h1-3,8,18H,4-7H2,(H,19,20,21). The van der Waals surface area contributed by atoms with Gasteiger partial charge in [0.25, 0.3) is 5.91 Å². The van der Waals surface area contributed by atoms with E-state index in [4.69, 9.17) is 0 Å². The quantitative estimate of drug-likeness (QED) is 0.829. The van der Waals surface area contributed by atoms with Crippen molar-refractivity contribution in [2.45, 2.75) is 24.6 Å². The van der Waals surface area contributed by atoms with Crippen LogP contribution in [0.25, 0.3) is 0 Å². The van der Waals surface area contributed by atoms with Gasteiger partial charge in [0.15, 0.2) is 0 Å². The second-order valence-corrected chi connectivity index (χ2v) is 5.27. The van der Waals surface area contributed by atoms with E-state index in [1.54, 1.807) is 0 Å². The van der Waals surface area contributed by atoms with E-state index in [0.717, 1.165) is 12.1 Å². The van der Waals surface area contributed by atoms with E-state index in [1.165, 1.54) is 12.1 Å². The molecule has 1 amide bonds. The summed E-state index contributed by atoms with van der Waals surface area (Å²) in [6.45, 7) is 1.35. The predicted molar refractivity (Wildman–Crippen MR) is 71.0 cm³/mol. The van der Waals surface area contributed by atoms with Gasteiger partial charge in [0, 0.05) is 5.56 Å². The van der Waals surface area contributed by atoms with Crippen LogP contribution in [0.1, 0.15) is 24.0 Å². The van der Waals surface area contributed by atoms with E-state index in [-0.39, 0.29) is 17.3 Å². The summed E-state index contributed by atoms with van der Waals surface area (Å²) in [7, 11) is 0. The molecule has 4 nitrogen and oxygen atoms in total. The highest BCUT2D eigenvalue weighted by atomic mass is 19.4. The van der Waals surface area contributed by atoms with Crippen LogP contribution < -0.4 is 10.6 Å². The molecule has 0 atom stereocenters. The van der Waals surface area contributed by atoms with Crippen molar-refractivity contribution in [3.8, 4) is 0 Å². The van der Waals surface area contributed by atoms with Gasteiger partial charge >= 0.3 is 6.18 Å². The number of carbonyl (C=O) groups is 1. The fraction of sp³-hybridized carbons (Fsp3) is 0.429. The van der Waals surface area contributed by atoms with Gasteiger partial charge in [-0.15, -0.1) is 0 Å². The van der Waals surface area contributed by atoms with Crippen molar-refractivity contribution >= 4 is 11.7 Å². The molecule has 3 rings (SSSR count). The molecule has 2 heterocycles. The van der Waals surface area contributed by atoms with Crippen molar-refractivity contribution < 1.29 is 18.0 Å². The van der Waals surface area contributed by atoms with Crippen LogP contribution >= 0.6 is 0 Å². The lowest BCUT2D eigenvalue weighted by molar-refractivity contribution is -0.137. The minimum atomic E-state index is -4.41. The number of halogens is 3. The Morgan fingerprint density at radius 2 is 1.90 bits per heavy atom. The maximum Gasteiger partial charge on any atom is 0.416 e. The first-order chi connectivity index (χ1) is 9.91. The number of hydrogen-bond donors (Lipinski definition) is 2. The zero-order chi connectivity index (χ0) is 15.1. The normalized spacial score (nSPS) is 21.3. The monoisotopic (exact) mass is 297 g/mol. The van der Waals surface area contributed by atoms with E-state index in [0.29, 0.717) is 25.9 Å². The second kappa shape index (κ2) is 4.84. The predicted octanol–water partition coefficient (Wildman–Crippen LogP) is 1.70. The van der Waals surface area contributed by atoms with Gasteiger partial charge in [-0.3, -0.25) is 9.79 Å². The number of amidine groups is 1. The molecule has 2 aliphatic heterocycles.